The van der Waals surface area contributed by atoms with Crippen molar-refractivity contribution in [3.63, 3.8) is 0 Å². The van der Waals surface area contributed by atoms with E-state index in [1.165, 1.54) is 19.3 Å². The van der Waals surface area contributed by atoms with Gasteiger partial charge in [0.2, 0.25) is 0 Å². The summed E-state index contributed by atoms with van der Waals surface area (Å²) in [6.07, 6.45) is 10.5. The van der Waals surface area contributed by atoms with Gasteiger partial charge >= 0.3 is 0 Å². The normalized spacial score (nSPS) is 18.6. The monoisotopic (exact) mass is 192 g/mol. The lowest BCUT2D eigenvalue weighted by Crippen LogP contribution is -2.16. The van der Waals surface area contributed by atoms with Gasteiger partial charge in [0.25, 0.3) is 0 Å². The second-order valence-corrected chi connectivity index (χ2v) is 4.25. The average molecular weight is 192 g/mol. The van der Waals surface area contributed by atoms with Gasteiger partial charge in [0.15, 0.2) is 0 Å². The molecular formula is C13H20O. The zero-order valence-corrected chi connectivity index (χ0v) is 9.09. The lowest BCUT2D eigenvalue weighted by atomic mass is 9.85. The predicted octanol–water partition coefficient (Wildman–Crippen LogP) is 3.66. The number of carbonyl (C=O) groups excluding carboxylic acids is 1. The van der Waals surface area contributed by atoms with Crippen LogP contribution in [0.4, 0.5) is 0 Å². The number of hydrogen-bond acceptors (Lipinski definition) is 1. The van der Waals surface area contributed by atoms with E-state index in [0.29, 0.717) is 18.1 Å². The topological polar surface area (TPSA) is 17.1 Å². The Hall–Kier alpha value is -0.850. The van der Waals surface area contributed by atoms with E-state index in [2.05, 4.69) is 6.58 Å². The minimum absolute atomic E-state index is 0.346. The molecule has 1 saturated carbocycles. The van der Waals surface area contributed by atoms with Crippen molar-refractivity contribution in [3.8, 4) is 0 Å². The second kappa shape index (κ2) is 5.79. The highest BCUT2D eigenvalue weighted by molar-refractivity contribution is 5.82. The van der Waals surface area contributed by atoms with Crippen LogP contribution in [0.15, 0.2) is 24.3 Å². The van der Waals surface area contributed by atoms with Crippen LogP contribution in [-0.2, 0) is 4.79 Å². The van der Waals surface area contributed by atoms with Crippen LogP contribution in [0.2, 0.25) is 0 Å². The molecule has 1 fully saturated rings. The van der Waals surface area contributed by atoms with Gasteiger partial charge in [-0.1, -0.05) is 43.6 Å². The van der Waals surface area contributed by atoms with Gasteiger partial charge in [-0.05, 0) is 19.8 Å². The highest BCUT2D eigenvalue weighted by Gasteiger charge is 2.19. The standard InChI is InChI=1S/C13H20O/c1-11(2)7-6-10-13(14)12-8-4-3-5-9-12/h6-7,12H,1,3-5,8-10H2,2H3/b7-6+. The summed E-state index contributed by atoms with van der Waals surface area (Å²) < 4.78 is 0. The summed E-state index contributed by atoms with van der Waals surface area (Å²) >= 11 is 0. The largest absolute Gasteiger partial charge is 0.299 e. The summed E-state index contributed by atoms with van der Waals surface area (Å²) in [4.78, 5) is 11.7. The van der Waals surface area contributed by atoms with Gasteiger partial charge < -0.3 is 0 Å². The molecule has 0 spiro atoms. The van der Waals surface area contributed by atoms with Gasteiger partial charge in [-0.3, -0.25) is 4.79 Å². The highest BCUT2D eigenvalue weighted by Crippen LogP contribution is 2.25. The van der Waals surface area contributed by atoms with E-state index in [0.717, 1.165) is 18.4 Å². The van der Waals surface area contributed by atoms with E-state index in [1.54, 1.807) is 0 Å². The van der Waals surface area contributed by atoms with Crippen molar-refractivity contribution in [2.75, 3.05) is 0 Å². The van der Waals surface area contributed by atoms with Gasteiger partial charge in [-0.25, -0.2) is 0 Å². The van der Waals surface area contributed by atoms with Gasteiger partial charge in [0, 0.05) is 12.3 Å². The van der Waals surface area contributed by atoms with Crippen LogP contribution in [0, 0.1) is 5.92 Å². The van der Waals surface area contributed by atoms with Crippen LogP contribution in [0.25, 0.3) is 0 Å². The SMILES string of the molecule is C=C(C)/C=C/CC(=O)C1CCCCC1. The third-order valence-electron chi connectivity index (χ3n) is 2.78. The molecule has 1 aliphatic rings. The van der Waals surface area contributed by atoms with Crippen LogP contribution in [-0.4, -0.2) is 5.78 Å². The van der Waals surface area contributed by atoms with E-state index >= 15 is 0 Å². The second-order valence-electron chi connectivity index (χ2n) is 4.25. The minimum atomic E-state index is 0.346. The summed E-state index contributed by atoms with van der Waals surface area (Å²) in [5, 5.41) is 0. The minimum Gasteiger partial charge on any atom is -0.299 e. The zero-order valence-electron chi connectivity index (χ0n) is 9.09. The molecule has 0 heterocycles. The van der Waals surface area contributed by atoms with E-state index in [-0.39, 0.29) is 0 Å². The first-order chi connectivity index (χ1) is 6.70. The van der Waals surface area contributed by atoms with Crippen LogP contribution >= 0.6 is 0 Å². The molecular weight excluding hydrogens is 172 g/mol. The van der Waals surface area contributed by atoms with Crippen molar-refractivity contribution in [1.82, 2.24) is 0 Å². The van der Waals surface area contributed by atoms with Crippen molar-refractivity contribution in [2.24, 2.45) is 5.92 Å². The molecule has 0 atom stereocenters. The molecule has 1 rings (SSSR count). The van der Waals surface area contributed by atoms with E-state index in [9.17, 15) is 4.79 Å². The molecule has 0 aliphatic heterocycles. The van der Waals surface area contributed by atoms with Crippen LogP contribution in [0.3, 0.4) is 0 Å². The third-order valence-corrected chi connectivity index (χ3v) is 2.78. The lowest BCUT2D eigenvalue weighted by Gasteiger charge is -2.19. The van der Waals surface area contributed by atoms with Crippen molar-refractivity contribution in [1.29, 1.82) is 0 Å². The Morgan fingerprint density at radius 2 is 2.00 bits per heavy atom. The molecule has 0 aromatic heterocycles. The van der Waals surface area contributed by atoms with E-state index in [1.807, 2.05) is 19.1 Å². The van der Waals surface area contributed by atoms with Crippen molar-refractivity contribution >= 4 is 5.78 Å². The van der Waals surface area contributed by atoms with Crippen LogP contribution in [0.5, 0.6) is 0 Å². The Labute approximate surface area is 86.9 Å². The Bertz CT molecular complexity index is 232. The maximum Gasteiger partial charge on any atom is 0.139 e. The number of Topliss-reactive ketones (excluding diaryl/α,β-unsaturated/α-hetero) is 1. The van der Waals surface area contributed by atoms with E-state index < -0.39 is 0 Å². The molecule has 0 aromatic rings. The molecule has 0 radical (unpaired) electrons. The maximum atomic E-state index is 11.7. The summed E-state index contributed by atoms with van der Waals surface area (Å²) in [6, 6.07) is 0. The molecule has 0 amide bonds. The molecule has 14 heavy (non-hydrogen) atoms. The first-order valence-corrected chi connectivity index (χ1v) is 5.55. The average Bonchev–Trinajstić information content (AvgIpc) is 2.18. The van der Waals surface area contributed by atoms with Gasteiger partial charge in [-0.15, -0.1) is 0 Å². The quantitative estimate of drug-likeness (QED) is 0.621. The molecule has 0 aromatic carbocycles. The van der Waals surface area contributed by atoms with Crippen molar-refractivity contribution in [2.45, 2.75) is 45.4 Å². The molecule has 0 unspecified atom stereocenters. The number of hydrogen-bond donors (Lipinski definition) is 0. The maximum absolute atomic E-state index is 11.7. The number of rotatable bonds is 4. The van der Waals surface area contributed by atoms with Gasteiger partial charge in [0.05, 0.1) is 0 Å². The summed E-state index contributed by atoms with van der Waals surface area (Å²) in [5.74, 6) is 0.765. The molecule has 78 valence electrons. The predicted molar refractivity (Wildman–Crippen MR) is 60.2 cm³/mol. The first-order valence-electron chi connectivity index (χ1n) is 5.55. The molecule has 1 heteroatoms. The van der Waals surface area contributed by atoms with Crippen LogP contribution in [0.1, 0.15) is 45.4 Å². The zero-order chi connectivity index (χ0) is 10.4. The van der Waals surface area contributed by atoms with Crippen molar-refractivity contribution in [3.05, 3.63) is 24.3 Å². The van der Waals surface area contributed by atoms with E-state index in [4.69, 9.17) is 0 Å². The Morgan fingerprint density at radius 3 is 2.57 bits per heavy atom. The van der Waals surface area contributed by atoms with Crippen molar-refractivity contribution < 1.29 is 4.79 Å². The first kappa shape index (κ1) is 11.2. The number of ketones is 1. The van der Waals surface area contributed by atoms with Gasteiger partial charge in [-0.2, -0.15) is 0 Å². The molecule has 0 N–H and O–H groups in total. The number of allylic oxidation sites excluding steroid dienone is 3. The summed E-state index contributed by atoms with van der Waals surface area (Å²) in [5.41, 5.74) is 1.02. The molecule has 1 nitrogen and oxygen atoms in total. The Morgan fingerprint density at radius 1 is 1.36 bits per heavy atom. The lowest BCUT2D eigenvalue weighted by molar-refractivity contribution is -0.122. The van der Waals surface area contributed by atoms with Crippen LogP contribution < -0.4 is 0 Å². The highest BCUT2D eigenvalue weighted by atomic mass is 16.1. The molecule has 0 saturated heterocycles. The summed E-state index contributed by atoms with van der Waals surface area (Å²) in [6.45, 7) is 5.71. The fourth-order valence-corrected chi connectivity index (χ4v) is 1.97. The Balaban J connectivity index is 2.30. The molecule has 0 bridgehead atoms. The van der Waals surface area contributed by atoms with Gasteiger partial charge in [0.1, 0.15) is 5.78 Å². The smallest absolute Gasteiger partial charge is 0.139 e. The fourth-order valence-electron chi connectivity index (χ4n) is 1.97. The Kier molecular flexibility index (Phi) is 4.64. The fraction of sp³-hybridized carbons (Fsp3) is 0.615. The molecule has 1 aliphatic carbocycles. The number of carbonyl (C=O) groups is 1. The summed E-state index contributed by atoms with van der Waals surface area (Å²) in [7, 11) is 0. The third kappa shape index (κ3) is 3.91.